The van der Waals surface area contributed by atoms with Gasteiger partial charge in [-0.1, -0.05) is 18.8 Å². The third-order valence-corrected chi connectivity index (χ3v) is 4.59. The van der Waals surface area contributed by atoms with Crippen LogP contribution in [0.25, 0.3) is 0 Å². The molecule has 1 N–H and O–H groups in total. The van der Waals surface area contributed by atoms with Crippen molar-refractivity contribution in [1.82, 2.24) is 10.4 Å². The van der Waals surface area contributed by atoms with Gasteiger partial charge < -0.3 is 0 Å². The van der Waals surface area contributed by atoms with E-state index >= 15 is 0 Å². The lowest BCUT2D eigenvalue weighted by molar-refractivity contribution is -0.144. The van der Waals surface area contributed by atoms with Gasteiger partial charge in [-0.05, 0) is 12.8 Å². The summed E-state index contributed by atoms with van der Waals surface area (Å²) in [6.45, 7) is 1.03. The topological polar surface area (TPSA) is 49.4 Å². The molecule has 18 heavy (non-hydrogen) atoms. The summed E-state index contributed by atoms with van der Waals surface area (Å²) in [5.41, 5.74) is 3.13. The highest BCUT2D eigenvalue weighted by molar-refractivity contribution is 6.02. The standard InChI is InChI=1S/C14H18N2O2/c1-2-7-16-8-11-12(15-16)14(18)10-6-4-3-5-9(10)13(11)17/h1,9-12,15H,3-8H2. The normalized spacial score (nSPS) is 40.2. The van der Waals surface area contributed by atoms with E-state index in [1.165, 1.54) is 0 Å². The van der Waals surface area contributed by atoms with Crippen molar-refractivity contribution in [1.29, 1.82) is 0 Å². The number of Topliss-reactive ketones (excluding diaryl/α,β-unsaturated/α-hetero) is 2. The fraction of sp³-hybridized carbons (Fsp3) is 0.714. The minimum absolute atomic E-state index is 0.0138. The molecule has 4 heteroatoms. The molecule has 0 aromatic rings. The van der Waals surface area contributed by atoms with Gasteiger partial charge in [-0.15, -0.1) is 6.42 Å². The largest absolute Gasteiger partial charge is 0.299 e. The molecule has 1 saturated heterocycles. The van der Waals surface area contributed by atoms with Crippen molar-refractivity contribution < 1.29 is 9.59 Å². The van der Waals surface area contributed by atoms with Crippen LogP contribution in [-0.2, 0) is 9.59 Å². The Morgan fingerprint density at radius 2 is 1.83 bits per heavy atom. The molecule has 0 bridgehead atoms. The Labute approximate surface area is 107 Å². The Kier molecular flexibility index (Phi) is 2.96. The van der Waals surface area contributed by atoms with Gasteiger partial charge in [-0.3, -0.25) is 9.59 Å². The molecule has 1 aliphatic heterocycles. The maximum atomic E-state index is 12.5. The van der Waals surface area contributed by atoms with Crippen LogP contribution >= 0.6 is 0 Å². The molecule has 0 spiro atoms. The van der Waals surface area contributed by atoms with Crippen molar-refractivity contribution >= 4 is 11.6 Å². The van der Waals surface area contributed by atoms with E-state index in [1.807, 2.05) is 5.01 Å². The lowest BCUT2D eigenvalue weighted by Crippen LogP contribution is -2.54. The van der Waals surface area contributed by atoms with Crippen LogP contribution in [0.2, 0.25) is 0 Å². The van der Waals surface area contributed by atoms with E-state index in [0.29, 0.717) is 13.1 Å². The minimum Gasteiger partial charge on any atom is -0.299 e. The van der Waals surface area contributed by atoms with E-state index in [1.54, 1.807) is 0 Å². The van der Waals surface area contributed by atoms with Crippen LogP contribution < -0.4 is 5.43 Å². The molecule has 3 rings (SSSR count). The number of hydrogen-bond acceptors (Lipinski definition) is 4. The number of carbonyl (C=O) groups is 2. The average Bonchev–Trinajstić information content (AvgIpc) is 2.81. The second-order valence-electron chi connectivity index (χ2n) is 5.60. The first-order valence-electron chi connectivity index (χ1n) is 6.74. The first-order chi connectivity index (χ1) is 8.72. The Balaban J connectivity index is 1.83. The number of hydrazine groups is 1. The zero-order chi connectivity index (χ0) is 12.7. The number of ketones is 2. The zero-order valence-corrected chi connectivity index (χ0v) is 10.4. The fourth-order valence-electron chi connectivity index (χ4n) is 3.74. The molecule has 3 aliphatic rings. The van der Waals surface area contributed by atoms with Gasteiger partial charge in [0.15, 0.2) is 5.78 Å². The van der Waals surface area contributed by atoms with E-state index in [2.05, 4.69) is 11.3 Å². The third-order valence-electron chi connectivity index (χ3n) is 4.59. The zero-order valence-electron chi connectivity index (χ0n) is 10.4. The third kappa shape index (κ3) is 1.70. The van der Waals surface area contributed by atoms with Crippen molar-refractivity contribution in [3.63, 3.8) is 0 Å². The second-order valence-corrected chi connectivity index (χ2v) is 5.60. The number of nitrogens with zero attached hydrogens (tertiary/aromatic N) is 1. The van der Waals surface area contributed by atoms with Crippen LogP contribution in [-0.4, -0.2) is 35.7 Å². The molecule has 4 nitrogen and oxygen atoms in total. The molecule has 2 saturated carbocycles. The smallest absolute Gasteiger partial charge is 0.155 e. The van der Waals surface area contributed by atoms with E-state index in [-0.39, 0.29) is 35.4 Å². The van der Waals surface area contributed by atoms with Crippen molar-refractivity contribution in [2.24, 2.45) is 17.8 Å². The van der Waals surface area contributed by atoms with Crippen LogP contribution in [0.15, 0.2) is 0 Å². The van der Waals surface area contributed by atoms with Gasteiger partial charge in [-0.2, -0.15) is 0 Å². The molecule has 0 amide bonds. The molecular formula is C14H18N2O2. The number of hydrogen-bond donors (Lipinski definition) is 1. The summed E-state index contributed by atoms with van der Waals surface area (Å²) in [6.07, 6.45) is 9.22. The first-order valence-corrected chi connectivity index (χ1v) is 6.74. The predicted octanol–water partition coefficient (Wildman–Crippen LogP) is 0.383. The maximum Gasteiger partial charge on any atom is 0.155 e. The SMILES string of the molecule is C#CCN1CC2C(=O)C3CCCCC3C(=O)C2N1. The van der Waals surface area contributed by atoms with Gasteiger partial charge in [0.05, 0.1) is 18.5 Å². The van der Waals surface area contributed by atoms with E-state index in [9.17, 15) is 9.59 Å². The minimum atomic E-state index is -0.315. The predicted molar refractivity (Wildman–Crippen MR) is 66.3 cm³/mol. The number of rotatable bonds is 1. The summed E-state index contributed by atoms with van der Waals surface area (Å²) in [5.74, 6) is 2.85. The Bertz CT molecular complexity index is 394. The maximum absolute atomic E-state index is 12.5. The molecule has 2 aliphatic carbocycles. The summed E-state index contributed by atoms with van der Waals surface area (Å²) in [4.78, 5) is 24.9. The van der Waals surface area contributed by atoms with Gasteiger partial charge in [0.1, 0.15) is 5.78 Å². The Hall–Kier alpha value is -1.18. The van der Waals surface area contributed by atoms with Crippen LogP contribution in [0.4, 0.5) is 0 Å². The molecule has 0 aromatic carbocycles. The Morgan fingerprint density at radius 3 is 2.50 bits per heavy atom. The first kappa shape index (κ1) is 11.9. The molecule has 3 fully saturated rings. The summed E-state index contributed by atoms with van der Waals surface area (Å²) >= 11 is 0. The van der Waals surface area contributed by atoms with Crippen molar-refractivity contribution in [2.45, 2.75) is 31.7 Å². The lowest BCUT2D eigenvalue weighted by atomic mass is 9.64. The van der Waals surface area contributed by atoms with Crippen molar-refractivity contribution in [3.05, 3.63) is 0 Å². The molecular weight excluding hydrogens is 228 g/mol. The lowest BCUT2D eigenvalue weighted by Gasteiger charge is -2.38. The molecule has 4 atom stereocenters. The number of terminal acetylenes is 1. The fourth-order valence-corrected chi connectivity index (χ4v) is 3.74. The molecule has 4 unspecified atom stereocenters. The summed E-state index contributed by atoms with van der Waals surface area (Å²) in [5, 5.41) is 1.84. The monoisotopic (exact) mass is 246 g/mol. The number of carbonyl (C=O) groups excluding carboxylic acids is 2. The molecule has 0 radical (unpaired) electrons. The van der Waals surface area contributed by atoms with Crippen LogP contribution in [0.3, 0.4) is 0 Å². The molecule has 96 valence electrons. The highest BCUT2D eigenvalue weighted by Crippen LogP contribution is 2.40. The van der Waals surface area contributed by atoms with Gasteiger partial charge >= 0.3 is 0 Å². The van der Waals surface area contributed by atoms with E-state index in [0.717, 1.165) is 25.7 Å². The number of fused-ring (bicyclic) bond motifs is 2. The van der Waals surface area contributed by atoms with Gasteiger partial charge in [-0.25, -0.2) is 10.4 Å². The van der Waals surface area contributed by atoms with Crippen molar-refractivity contribution in [2.75, 3.05) is 13.1 Å². The van der Waals surface area contributed by atoms with E-state index < -0.39 is 0 Å². The summed E-state index contributed by atoms with van der Waals surface area (Å²) in [7, 11) is 0. The van der Waals surface area contributed by atoms with Crippen LogP contribution in [0.1, 0.15) is 25.7 Å². The van der Waals surface area contributed by atoms with Gasteiger partial charge in [0.2, 0.25) is 0 Å². The van der Waals surface area contributed by atoms with Crippen LogP contribution in [0, 0.1) is 30.1 Å². The quantitative estimate of drug-likeness (QED) is 0.680. The summed E-state index contributed by atoms with van der Waals surface area (Å²) < 4.78 is 0. The van der Waals surface area contributed by atoms with Crippen molar-refractivity contribution in [3.8, 4) is 12.3 Å². The van der Waals surface area contributed by atoms with Crippen LogP contribution in [0.5, 0.6) is 0 Å². The van der Waals surface area contributed by atoms with Gasteiger partial charge in [0.25, 0.3) is 0 Å². The molecule has 0 aromatic heterocycles. The van der Waals surface area contributed by atoms with Gasteiger partial charge in [0, 0.05) is 18.4 Å². The summed E-state index contributed by atoms with van der Waals surface area (Å²) in [6, 6.07) is -0.315. The highest BCUT2D eigenvalue weighted by Gasteiger charge is 2.53. The molecule has 1 heterocycles. The second kappa shape index (κ2) is 4.49. The van der Waals surface area contributed by atoms with E-state index in [4.69, 9.17) is 6.42 Å². The average molecular weight is 246 g/mol. The number of nitrogens with one attached hydrogen (secondary N) is 1. The highest BCUT2D eigenvalue weighted by atomic mass is 16.1. The Morgan fingerprint density at radius 1 is 1.17 bits per heavy atom.